The summed E-state index contributed by atoms with van der Waals surface area (Å²) in [5, 5.41) is 4.81. The SMILES string of the molecule is COc1nn2cc(-c3nc4c(C)cccc4o3)nc2s1. The molecule has 3 aromatic heterocycles. The molecule has 20 heavy (non-hydrogen) atoms. The highest BCUT2D eigenvalue weighted by atomic mass is 32.1. The molecule has 1 aromatic carbocycles. The van der Waals surface area contributed by atoms with E-state index in [0.29, 0.717) is 16.8 Å². The predicted octanol–water partition coefficient (Wildman–Crippen LogP) is 2.92. The second-order valence-corrected chi connectivity index (χ2v) is 5.28. The molecule has 0 atom stereocenters. The Hall–Kier alpha value is -2.41. The van der Waals surface area contributed by atoms with E-state index in [1.54, 1.807) is 17.8 Å². The van der Waals surface area contributed by atoms with E-state index in [0.717, 1.165) is 21.6 Å². The third-order valence-electron chi connectivity index (χ3n) is 3.04. The van der Waals surface area contributed by atoms with Crippen molar-refractivity contribution in [2.75, 3.05) is 7.11 Å². The zero-order chi connectivity index (χ0) is 13.7. The Kier molecular flexibility index (Phi) is 2.31. The van der Waals surface area contributed by atoms with Crippen molar-refractivity contribution in [2.24, 2.45) is 0 Å². The molecule has 100 valence electrons. The van der Waals surface area contributed by atoms with Crippen LogP contribution in [0.5, 0.6) is 5.19 Å². The Morgan fingerprint density at radius 2 is 2.20 bits per heavy atom. The Bertz CT molecular complexity index is 890. The lowest BCUT2D eigenvalue weighted by atomic mass is 10.2. The van der Waals surface area contributed by atoms with Crippen LogP contribution in [0.3, 0.4) is 0 Å². The zero-order valence-electron chi connectivity index (χ0n) is 10.8. The van der Waals surface area contributed by atoms with E-state index in [4.69, 9.17) is 9.15 Å². The fraction of sp³-hybridized carbons (Fsp3) is 0.154. The number of fused-ring (bicyclic) bond motifs is 2. The molecule has 0 N–H and O–H groups in total. The number of benzene rings is 1. The van der Waals surface area contributed by atoms with Crippen molar-refractivity contribution in [2.45, 2.75) is 6.92 Å². The normalized spacial score (nSPS) is 11.5. The number of ether oxygens (including phenoxy) is 1. The van der Waals surface area contributed by atoms with E-state index in [1.807, 2.05) is 25.1 Å². The summed E-state index contributed by atoms with van der Waals surface area (Å²) >= 11 is 1.37. The standard InChI is InChI=1S/C13H10N4O2S/c1-7-4-3-5-9-10(7)15-11(19-9)8-6-17-12(14-8)20-13(16-17)18-2/h3-6H,1-2H3. The summed E-state index contributed by atoms with van der Waals surface area (Å²) in [5.41, 5.74) is 3.38. The summed E-state index contributed by atoms with van der Waals surface area (Å²) < 4.78 is 12.5. The first-order valence-corrected chi connectivity index (χ1v) is 6.83. The second-order valence-electron chi connectivity index (χ2n) is 4.37. The fourth-order valence-electron chi connectivity index (χ4n) is 2.06. The Morgan fingerprint density at radius 3 is 2.95 bits per heavy atom. The van der Waals surface area contributed by atoms with Gasteiger partial charge >= 0.3 is 0 Å². The number of aromatic nitrogens is 4. The molecule has 0 unspecified atom stereocenters. The molecule has 4 aromatic rings. The molecule has 6 nitrogen and oxygen atoms in total. The van der Waals surface area contributed by atoms with Gasteiger partial charge in [0.1, 0.15) is 11.2 Å². The largest absolute Gasteiger partial charge is 0.472 e. The van der Waals surface area contributed by atoms with Crippen LogP contribution < -0.4 is 4.74 Å². The maximum Gasteiger partial charge on any atom is 0.294 e. The molecular weight excluding hydrogens is 276 g/mol. The molecule has 7 heteroatoms. The van der Waals surface area contributed by atoms with Crippen LogP contribution in [0.1, 0.15) is 5.56 Å². The second kappa shape index (κ2) is 4.04. The van der Waals surface area contributed by atoms with Crippen molar-refractivity contribution in [1.82, 2.24) is 19.6 Å². The van der Waals surface area contributed by atoms with Gasteiger partial charge in [0.2, 0.25) is 10.9 Å². The summed E-state index contributed by atoms with van der Waals surface area (Å²) in [6.07, 6.45) is 1.79. The number of nitrogens with zero attached hydrogens (tertiary/aromatic N) is 4. The number of aryl methyl sites for hydroxylation is 1. The van der Waals surface area contributed by atoms with Gasteiger partial charge in [0.15, 0.2) is 5.58 Å². The number of hydrogen-bond acceptors (Lipinski definition) is 6. The molecule has 0 aliphatic rings. The average molecular weight is 286 g/mol. The van der Waals surface area contributed by atoms with Crippen molar-refractivity contribution >= 4 is 27.4 Å². The van der Waals surface area contributed by atoms with Gasteiger partial charge in [-0.3, -0.25) is 0 Å². The Balaban J connectivity index is 1.87. The number of rotatable bonds is 2. The number of oxazole rings is 1. The van der Waals surface area contributed by atoms with Gasteiger partial charge in [-0.1, -0.05) is 12.1 Å². The Labute approximate surface area is 117 Å². The smallest absolute Gasteiger partial charge is 0.294 e. The maximum absolute atomic E-state index is 5.75. The highest BCUT2D eigenvalue weighted by molar-refractivity contribution is 7.18. The molecule has 0 aliphatic heterocycles. The van der Waals surface area contributed by atoms with Gasteiger partial charge in [-0.2, -0.15) is 0 Å². The van der Waals surface area contributed by atoms with Crippen LogP contribution in [0.4, 0.5) is 0 Å². The van der Waals surface area contributed by atoms with Gasteiger partial charge in [0.05, 0.1) is 13.3 Å². The van der Waals surface area contributed by atoms with Crippen molar-refractivity contribution < 1.29 is 9.15 Å². The van der Waals surface area contributed by atoms with Crippen LogP contribution in [0.15, 0.2) is 28.8 Å². The molecule has 0 fully saturated rings. The molecule has 0 spiro atoms. The predicted molar refractivity (Wildman–Crippen MR) is 75.2 cm³/mol. The van der Waals surface area contributed by atoms with Gasteiger partial charge in [-0.05, 0) is 29.9 Å². The monoisotopic (exact) mass is 286 g/mol. The molecule has 0 saturated heterocycles. The van der Waals surface area contributed by atoms with E-state index in [1.165, 1.54) is 11.3 Å². The number of imidazole rings is 1. The minimum absolute atomic E-state index is 0.506. The van der Waals surface area contributed by atoms with Gasteiger partial charge < -0.3 is 9.15 Å². The topological polar surface area (TPSA) is 65.5 Å². The first-order valence-electron chi connectivity index (χ1n) is 6.01. The van der Waals surface area contributed by atoms with Crippen molar-refractivity contribution in [3.63, 3.8) is 0 Å². The van der Waals surface area contributed by atoms with Crippen molar-refractivity contribution in [3.05, 3.63) is 30.0 Å². The quantitative estimate of drug-likeness (QED) is 0.567. The summed E-state index contributed by atoms with van der Waals surface area (Å²) in [6.45, 7) is 2.01. The van der Waals surface area contributed by atoms with Crippen LogP contribution in [0, 0.1) is 6.92 Å². The van der Waals surface area contributed by atoms with Crippen LogP contribution in [0.2, 0.25) is 0 Å². The molecular formula is C13H10N4O2S. The summed E-state index contributed by atoms with van der Waals surface area (Å²) in [7, 11) is 1.59. The van der Waals surface area contributed by atoms with Crippen LogP contribution in [0.25, 0.3) is 27.6 Å². The van der Waals surface area contributed by atoms with Gasteiger partial charge in [-0.15, -0.1) is 5.10 Å². The van der Waals surface area contributed by atoms with E-state index in [-0.39, 0.29) is 0 Å². The lowest BCUT2D eigenvalue weighted by Gasteiger charge is -1.88. The lowest BCUT2D eigenvalue weighted by molar-refractivity contribution is 0.405. The van der Waals surface area contributed by atoms with E-state index >= 15 is 0 Å². The molecule has 3 heterocycles. The minimum Gasteiger partial charge on any atom is -0.472 e. The highest BCUT2D eigenvalue weighted by Gasteiger charge is 2.15. The van der Waals surface area contributed by atoms with E-state index in [2.05, 4.69) is 15.1 Å². The number of para-hydroxylation sites is 1. The average Bonchev–Trinajstić information content (AvgIpc) is 3.09. The number of methoxy groups -OCH3 is 1. The van der Waals surface area contributed by atoms with Crippen LogP contribution >= 0.6 is 11.3 Å². The van der Waals surface area contributed by atoms with E-state index < -0.39 is 0 Å². The molecule has 0 radical (unpaired) electrons. The van der Waals surface area contributed by atoms with Gasteiger partial charge in [0, 0.05) is 0 Å². The van der Waals surface area contributed by atoms with E-state index in [9.17, 15) is 0 Å². The molecule has 0 aliphatic carbocycles. The van der Waals surface area contributed by atoms with Crippen LogP contribution in [-0.2, 0) is 0 Å². The summed E-state index contributed by atoms with van der Waals surface area (Å²) in [4.78, 5) is 9.71. The van der Waals surface area contributed by atoms with Gasteiger partial charge in [0.25, 0.3) is 5.19 Å². The molecule has 4 rings (SSSR count). The Morgan fingerprint density at radius 1 is 1.30 bits per heavy atom. The minimum atomic E-state index is 0.506. The highest BCUT2D eigenvalue weighted by Crippen LogP contribution is 2.28. The van der Waals surface area contributed by atoms with Crippen molar-refractivity contribution in [3.8, 4) is 16.8 Å². The molecule has 0 bridgehead atoms. The first kappa shape index (κ1) is 11.4. The van der Waals surface area contributed by atoms with Gasteiger partial charge in [-0.25, -0.2) is 14.5 Å². The third-order valence-corrected chi connectivity index (χ3v) is 3.92. The maximum atomic E-state index is 5.75. The van der Waals surface area contributed by atoms with Crippen molar-refractivity contribution in [1.29, 1.82) is 0 Å². The summed E-state index contributed by atoms with van der Waals surface area (Å²) in [5.74, 6) is 0.506. The number of hydrogen-bond donors (Lipinski definition) is 0. The zero-order valence-corrected chi connectivity index (χ0v) is 11.6. The third kappa shape index (κ3) is 1.60. The lowest BCUT2D eigenvalue weighted by Crippen LogP contribution is -1.84. The summed E-state index contributed by atoms with van der Waals surface area (Å²) in [6, 6.07) is 5.86. The fourth-order valence-corrected chi connectivity index (χ4v) is 2.76. The van der Waals surface area contributed by atoms with Crippen LogP contribution in [-0.4, -0.2) is 26.7 Å². The molecule has 0 saturated carbocycles. The first-order chi connectivity index (χ1) is 9.74. The molecule has 0 amide bonds.